The van der Waals surface area contributed by atoms with Gasteiger partial charge >= 0.3 is 0 Å². The van der Waals surface area contributed by atoms with Gasteiger partial charge in [-0.25, -0.2) is 8.42 Å². The molecule has 116 valence electrons. The standard InChI is InChI=1S/C15H21ClN2O2S/c1-12-13(11-16)3-2-4-15(12)21(19,20)18-9-7-17(8-10-18)14-5-6-14/h2-4,14H,5-11H2,1H3. The van der Waals surface area contributed by atoms with Crippen molar-refractivity contribution in [2.75, 3.05) is 26.2 Å². The van der Waals surface area contributed by atoms with E-state index < -0.39 is 10.0 Å². The first-order valence-electron chi connectivity index (χ1n) is 7.42. The minimum absolute atomic E-state index is 0.338. The van der Waals surface area contributed by atoms with Crippen LogP contribution >= 0.6 is 11.6 Å². The van der Waals surface area contributed by atoms with E-state index in [1.165, 1.54) is 12.8 Å². The predicted octanol–water partition coefficient (Wildman–Crippen LogP) is 2.20. The van der Waals surface area contributed by atoms with Crippen LogP contribution in [0.5, 0.6) is 0 Å². The van der Waals surface area contributed by atoms with Gasteiger partial charge in [-0.05, 0) is 37.0 Å². The number of alkyl halides is 1. The SMILES string of the molecule is Cc1c(CCl)cccc1S(=O)(=O)N1CCN(C2CC2)CC1. The summed E-state index contributed by atoms with van der Waals surface area (Å²) in [6.07, 6.45) is 2.53. The van der Waals surface area contributed by atoms with E-state index >= 15 is 0 Å². The van der Waals surface area contributed by atoms with Crippen molar-refractivity contribution in [3.63, 3.8) is 0 Å². The van der Waals surface area contributed by atoms with E-state index in [0.29, 0.717) is 29.9 Å². The Labute approximate surface area is 131 Å². The molecule has 21 heavy (non-hydrogen) atoms. The van der Waals surface area contributed by atoms with Crippen LogP contribution in [0.25, 0.3) is 0 Å². The molecule has 0 bridgehead atoms. The molecule has 0 unspecified atom stereocenters. The number of halogens is 1. The average molecular weight is 329 g/mol. The van der Waals surface area contributed by atoms with Crippen LogP contribution in [0.1, 0.15) is 24.0 Å². The molecule has 0 N–H and O–H groups in total. The Morgan fingerprint density at radius 3 is 2.43 bits per heavy atom. The van der Waals surface area contributed by atoms with Crippen LogP contribution < -0.4 is 0 Å². The van der Waals surface area contributed by atoms with Gasteiger partial charge in [0.15, 0.2) is 0 Å². The highest BCUT2D eigenvalue weighted by molar-refractivity contribution is 7.89. The van der Waals surface area contributed by atoms with E-state index in [1.54, 1.807) is 16.4 Å². The number of piperazine rings is 1. The summed E-state index contributed by atoms with van der Waals surface area (Å²) in [6, 6.07) is 6.05. The molecule has 1 saturated heterocycles. The van der Waals surface area contributed by atoms with Crippen molar-refractivity contribution < 1.29 is 8.42 Å². The number of hydrogen-bond acceptors (Lipinski definition) is 3. The van der Waals surface area contributed by atoms with E-state index in [2.05, 4.69) is 4.90 Å². The molecule has 1 aromatic carbocycles. The lowest BCUT2D eigenvalue weighted by atomic mass is 10.1. The zero-order valence-corrected chi connectivity index (χ0v) is 13.8. The van der Waals surface area contributed by atoms with E-state index in [0.717, 1.165) is 24.2 Å². The van der Waals surface area contributed by atoms with E-state index in [4.69, 9.17) is 11.6 Å². The van der Waals surface area contributed by atoms with Crippen LogP contribution in [0.3, 0.4) is 0 Å². The highest BCUT2D eigenvalue weighted by atomic mass is 35.5. The molecule has 6 heteroatoms. The normalized spacial score (nSPS) is 21.6. The van der Waals surface area contributed by atoms with Crippen molar-refractivity contribution in [1.82, 2.24) is 9.21 Å². The van der Waals surface area contributed by atoms with Crippen LogP contribution in [0.2, 0.25) is 0 Å². The molecule has 0 radical (unpaired) electrons. The summed E-state index contributed by atoms with van der Waals surface area (Å²) in [7, 11) is -3.41. The van der Waals surface area contributed by atoms with Crippen molar-refractivity contribution in [1.29, 1.82) is 0 Å². The highest BCUT2D eigenvalue weighted by Crippen LogP contribution is 2.29. The summed E-state index contributed by atoms with van der Waals surface area (Å²) in [5.41, 5.74) is 1.66. The minimum Gasteiger partial charge on any atom is -0.298 e. The largest absolute Gasteiger partial charge is 0.298 e. The average Bonchev–Trinajstić information content (AvgIpc) is 3.32. The smallest absolute Gasteiger partial charge is 0.243 e. The topological polar surface area (TPSA) is 40.6 Å². The number of sulfonamides is 1. The molecule has 2 aliphatic rings. The van der Waals surface area contributed by atoms with Crippen molar-refractivity contribution in [3.05, 3.63) is 29.3 Å². The van der Waals surface area contributed by atoms with Gasteiger partial charge in [-0.3, -0.25) is 4.90 Å². The molecule has 1 heterocycles. The molecule has 1 aliphatic carbocycles. The van der Waals surface area contributed by atoms with Gasteiger partial charge < -0.3 is 0 Å². The Balaban J connectivity index is 1.80. The molecule has 0 aromatic heterocycles. The van der Waals surface area contributed by atoms with Crippen LogP contribution in [-0.2, 0) is 15.9 Å². The second-order valence-corrected chi connectivity index (χ2v) is 8.02. The second kappa shape index (κ2) is 5.88. The van der Waals surface area contributed by atoms with Gasteiger partial charge in [0.25, 0.3) is 0 Å². The maximum atomic E-state index is 12.8. The summed E-state index contributed by atoms with van der Waals surface area (Å²) in [5.74, 6) is 0.338. The molecule has 0 atom stereocenters. The van der Waals surface area contributed by atoms with Gasteiger partial charge in [0.1, 0.15) is 0 Å². The molecule has 1 saturated carbocycles. The molecule has 0 amide bonds. The summed E-state index contributed by atoms with van der Waals surface area (Å²) in [5, 5.41) is 0. The van der Waals surface area contributed by atoms with Crippen LogP contribution in [0.4, 0.5) is 0 Å². The lowest BCUT2D eigenvalue weighted by Gasteiger charge is -2.34. The van der Waals surface area contributed by atoms with Gasteiger partial charge in [-0.15, -0.1) is 11.6 Å². The second-order valence-electron chi connectivity index (χ2n) is 5.85. The Morgan fingerprint density at radius 1 is 1.19 bits per heavy atom. The quantitative estimate of drug-likeness (QED) is 0.796. The third-order valence-electron chi connectivity index (χ3n) is 4.49. The fraction of sp³-hybridized carbons (Fsp3) is 0.600. The first-order chi connectivity index (χ1) is 10.0. The summed E-state index contributed by atoms with van der Waals surface area (Å²) in [6.45, 7) is 4.70. The minimum atomic E-state index is -3.41. The molecule has 2 fully saturated rings. The van der Waals surface area contributed by atoms with Gasteiger partial charge in [0.05, 0.1) is 4.90 Å². The Kier molecular flexibility index (Phi) is 4.28. The van der Waals surface area contributed by atoms with Crippen molar-refractivity contribution in [2.45, 2.75) is 36.6 Å². The van der Waals surface area contributed by atoms with Gasteiger partial charge in [0, 0.05) is 38.1 Å². The van der Waals surface area contributed by atoms with Crippen LogP contribution in [-0.4, -0.2) is 49.8 Å². The van der Waals surface area contributed by atoms with Crippen molar-refractivity contribution in [3.8, 4) is 0 Å². The zero-order valence-electron chi connectivity index (χ0n) is 12.3. The fourth-order valence-electron chi connectivity index (χ4n) is 2.97. The molecule has 1 aromatic rings. The predicted molar refractivity (Wildman–Crippen MR) is 84.1 cm³/mol. The first-order valence-corrected chi connectivity index (χ1v) is 9.40. The molecule has 4 nitrogen and oxygen atoms in total. The first kappa shape index (κ1) is 15.3. The number of nitrogens with zero attached hydrogens (tertiary/aromatic N) is 2. The Bertz CT molecular complexity index is 621. The maximum Gasteiger partial charge on any atom is 0.243 e. The van der Waals surface area contributed by atoms with Gasteiger partial charge in [-0.1, -0.05) is 12.1 Å². The number of benzene rings is 1. The highest BCUT2D eigenvalue weighted by Gasteiger charge is 2.35. The summed E-state index contributed by atoms with van der Waals surface area (Å²) in [4.78, 5) is 2.81. The fourth-order valence-corrected chi connectivity index (χ4v) is 4.95. The molecule has 1 aliphatic heterocycles. The number of rotatable bonds is 4. The molecular formula is C15H21ClN2O2S. The molecule has 0 spiro atoms. The number of hydrogen-bond donors (Lipinski definition) is 0. The third-order valence-corrected chi connectivity index (χ3v) is 6.83. The molecule has 3 rings (SSSR count). The summed E-state index contributed by atoms with van der Waals surface area (Å²) >= 11 is 5.89. The van der Waals surface area contributed by atoms with E-state index in [-0.39, 0.29) is 0 Å². The van der Waals surface area contributed by atoms with E-state index in [9.17, 15) is 8.42 Å². The van der Waals surface area contributed by atoms with Gasteiger partial charge in [0.2, 0.25) is 10.0 Å². The van der Waals surface area contributed by atoms with E-state index in [1.807, 2.05) is 13.0 Å². The maximum absolute atomic E-state index is 12.8. The Morgan fingerprint density at radius 2 is 1.86 bits per heavy atom. The van der Waals surface area contributed by atoms with Crippen molar-refractivity contribution >= 4 is 21.6 Å². The molecular weight excluding hydrogens is 308 g/mol. The third kappa shape index (κ3) is 2.97. The lowest BCUT2D eigenvalue weighted by molar-refractivity contribution is 0.180. The van der Waals surface area contributed by atoms with Crippen LogP contribution in [0, 0.1) is 6.92 Å². The lowest BCUT2D eigenvalue weighted by Crippen LogP contribution is -2.49. The van der Waals surface area contributed by atoms with Crippen LogP contribution in [0.15, 0.2) is 23.1 Å². The zero-order chi connectivity index (χ0) is 15.0. The monoisotopic (exact) mass is 328 g/mol. The van der Waals surface area contributed by atoms with Gasteiger partial charge in [-0.2, -0.15) is 4.31 Å². The summed E-state index contributed by atoms with van der Waals surface area (Å²) < 4.78 is 27.3. The van der Waals surface area contributed by atoms with Crippen molar-refractivity contribution in [2.24, 2.45) is 0 Å². The Hall–Kier alpha value is -0.620.